The summed E-state index contributed by atoms with van der Waals surface area (Å²) < 4.78 is 37.1. The zero-order valence-corrected chi connectivity index (χ0v) is 17.2. The quantitative estimate of drug-likeness (QED) is 0.767. The molecular weight excluding hydrogens is 419 g/mol. The third-order valence-corrected chi connectivity index (χ3v) is 5.79. The number of nitrogens with zero attached hydrogens (tertiary/aromatic N) is 4. The molecule has 1 saturated heterocycles. The summed E-state index contributed by atoms with van der Waals surface area (Å²) in [6.07, 6.45) is -5.18. The molecule has 1 aromatic carbocycles. The van der Waals surface area contributed by atoms with Gasteiger partial charge < -0.3 is 9.80 Å². The molecule has 0 radical (unpaired) electrons. The summed E-state index contributed by atoms with van der Waals surface area (Å²) in [7, 11) is 0. The van der Waals surface area contributed by atoms with Crippen LogP contribution in [-0.4, -0.2) is 64.3 Å². The average Bonchev–Trinajstić information content (AvgIpc) is 3.16. The number of alkyl halides is 3. The molecule has 1 N–H and O–H groups in total. The van der Waals surface area contributed by atoms with E-state index >= 15 is 0 Å². The van der Waals surface area contributed by atoms with Gasteiger partial charge in [0, 0.05) is 32.1 Å². The predicted molar refractivity (Wildman–Crippen MR) is 106 cm³/mol. The maximum absolute atomic E-state index is 12.5. The van der Waals surface area contributed by atoms with Crippen molar-refractivity contribution in [2.75, 3.05) is 31.5 Å². The second-order valence-corrected chi connectivity index (χ2v) is 7.92. The Morgan fingerprint density at radius 2 is 1.73 bits per heavy atom. The minimum Gasteiger partial charge on any atom is -0.339 e. The van der Waals surface area contributed by atoms with E-state index < -0.39 is 24.5 Å². The highest BCUT2D eigenvalue weighted by Gasteiger charge is 2.35. The number of aromatic nitrogens is 2. The average molecular weight is 441 g/mol. The van der Waals surface area contributed by atoms with Gasteiger partial charge in [-0.1, -0.05) is 48.6 Å². The maximum atomic E-state index is 12.5. The third kappa shape index (κ3) is 5.68. The van der Waals surface area contributed by atoms with Gasteiger partial charge in [-0.05, 0) is 12.0 Å². The fourth-order valence-corrected chi connectivity index (χ4v) is 4.22. The lowest BCUT2D eigenvalue weighted by atomic mass is 9.97. The fraction of sp³-hybridized carbons (Fsp3) is 0.474. The van der Waals surface area contributed by atoms with Crippen LogP contribution < -0.4 is 5.32 Å². The van der Waals surface area contributed by atoms with Crippen molar-refractivity contribution in [3.63, 3.8) is 0 Å². The third-order valence-electron chi connectivity index (χ3n) is 4.83. The molecule has 1 aliphatic rings. The summed E-state index contributed by atoms with van der Waals surface area (Å²) in [4.78, 5) is 26.7. The summed E-state index contributed by atoms with van der Waals surface area (Å²) in [5.41, 5.74) is 1.12. The van der Waals surface area contributed by atoms with Crippen molar-refractivity contribution in [3.8, 4) is 0 Å². The number of carbonyl (C=O) groups is 2. The lowest BCUT2D eigenvalue weighted by Crippen LogP contribution is -2.52. The van der Waals surface area contributed by atoms with Gasteiger partial charge in [-0.3, -0.25) is 10.1 Å². The van der Waals surface area contributed by atoms with E-state index in [2.05, 4.69) is 22.4 Å². The van der Waals surface area contributed by atoms with Crippen molar-refractivity contribution in [2.24, 2.45) is 0 Å². The van der Waals surface area contributed by atoms with Crippen LogP contribution in [0.15, 0.2) is 30.3 Å². The number of rotatable bonds is 5. The second kappa shape index (κ2) is 9.41. The van der Waals surface area contributed by atoms with Gasteiger partial charge in [0.05, 0.1) is 0 Å². The highest BCUT2D eigenvalue weighted by atomic mass is 32.1. The van der Waals surface area contributed by atoms with E-state index in [1.54, 1.807) is 0 Å². The molecule has 0 saturated carbocycles. The molecule has 0 spiro atoms. The number of carbonyl (C=O) groups excluding carboxylic acids is 2. The van der Waals surface area contributed by atoms with Crippen molar-refractivity contribution < 1.29 is 22.8 Å². The molecule has 30 heavy (non-hydrogen) atoms. The summed E-state index contributed by atoms with van der Waals surface area (Å²) in [6.45, 7) is 2.49. The van der Waals surface area contributed by atoms with Crippen LogP contribution in [0.5, 0.6) is 0 Å². The van der Waals surface area contributed by atoms with Gasteiger partial charge in [-0.2, -0.15) is 13.2 Å². The van der Waals surface area contributed by atoms with Gasteiger partial charge in [0.15, 0.2) is 0 Å². The van der Waals surface area contributed by atoms with E-state index in [1.165, 1.54) is 16.2 Å². The number of piperazine rings is 1. The number of nitrogens with one attached hydrogen (secondary N) is 1. The zero-order valence-electron chi connectivity index (χ0n) is 16.4. The molecule has 1 unspecified atom stereocenters. The van der Waals surface area contributed by atoms with Gasteiger partial charge in [-0.25, -0.2) is 4.79 Å². The number of amides is 3. The minimum atomic E-state index is -4.53. The van der Waals surface area contributed by atoms with Gasteiger partial charge in [0.2, 0.25) is 11.0 Å². The van der Waals surface area contributed by atoms with Crippen molar-refractivity contribution >= 4 is 28.4 Å². The first-order valence-corrected chi connectivity index (χ1v) is 10.4. The van der Waals surface area contributed by atoms with Gasteiger partial charge >= 0.3 is 12.2 Å². The van der Waals surface area contributed by atoms with E-state index in [0.29, 0.717) is 5.13 Å². The number of hydrogen-bond acceptors (Lipinski definition) is 5. The second-order valence-electron chi connectivity index (χ2n) is 6.91. The zero-order chi connectivity index (χ0) is 21.7. The van der Waals surface area contributed by atoms with Gasteiger partial charge in [-0.15, -0.1) is 10.2 Å². The number of urea groups is 1. The first-order valence-electron chi connectivity index (χ1n) is 9.55. The highest BCUT2D eigenvalue weighted by molar-refractivity contribution is 7.15. The van der Waals surface area contributed by atoms with E-state index in [-0.39, 0.29) is 32.1 Å². The molecular formula is C19H22F3N5O2S. The Morgan fingerprint density at radius 1 is 1.10 bits per heavy atom. The molecule has 1 atom stereocenters. The van der Waals surface area contributed by atoms with Crippen LogP contribution in [-0.2, 0) is 4.79 Å². The standard InChI is InChI=1S/C19H22F3N5O2S/c1-2-14(13-6-4-3-5-7-13)16-24-25-17(30-16)23-18(29)27-10-8-26(9-11-27)15(28)12-19(20,21)22/h3-7,14H,2,8-12H2,1H3,(H,23,25,29). The predicted octanol–water partition coefficient (Wildman–Crippen LogP) is 3.71. The molecule has 2 heterocycles. The molecule has 0 bridgehead atoms. The molecule has 1 fully saturated rings. The Balaban J connectivity index is 1.54. The molecule has 1 aliphatic heterocycles. The van der Waals surface area contributed by atoms with Gasteiger partial charge in [0.1, 0.15) is 11.4 Å². The van der Waals surface area contributed by atoms with Crippen molar-refractivity contribution in [1.29, 1.82) is 0 Å². The van der Waals surface area contributed by atoms with E-state index in [1.807, 2.05) is 30.3 Å². The maximum Gasteiger partial charge on any atom is 0.397 e. The molecule has 3 rings (SSSR count). The van der Waals surface area contributed by atoms with Crippen LogP contribution in [0, 0.1) is 0 Å². The number of benzene rings is 1. The SMILES string of the molecule is CCC(c1ccccc1)c1nnc(NC(=O)N2CCN(C(=O)CC(F)(F)F)CC2)s1. The summed E-state index contributed by atoms with van der Waals surface area (Å²) >= 11 is 1.29. The van der Waals surface area contributed by atoms with Crippen molar-refractivity contribution in [1.82, 2.24) is 20.0 Å². The lowest BCUT2D eigenvalue weighted by molar-refractivity contribution is -0.162. The van der Waals surface area contributed by atoms with Crippen LogP contribution in [0.2, 0.25) is 0 Å². The van der Waals surface area contributed by atoms with E-state index in [9.17, 15) is 22.8 Å². The summed E-state index contributed by atoms with van der Waals surface area (Å²) in [6, 6.07) is 9.49. The Labute approximate surface area is 175 Å². The van der Waals surface area contributed by atoms with E-state index in [0.717, 1.165) is 21.9 Å². The normalized spacial score (nSPS) is 15.7. The summed E-state index contributed by atoms with van der Waals surface area (Å²) in [5.74, 6) is -0.889. The highest BCUT2D eigenvalue weighted by Crippen LogP contribution is 2.31. The van der Waals surface area contributed by atoms with Crippen LogP contribution >= 0.6 is 11.3 Å². The van der Waals surface area contributed by atoms with Crippen LogP contribution in [0.25, 0.3) is 0 Å². The minimum absolute atomic E-state index is 0.0651. The Hall–Kier alpha value is -2.69. The van der Waals surface area contributed by atoms with Gasteiger partial charge in [0.25, 0.3) is 0 Å². The fourth-order valence-electron chi connectivity index (χ4n) is 3.28. The molecule has 11 heteroatoms. The first-order chi connectivity index (χ1) is 14.3. The lowest BCUT2D eigenvalue weighted by Gasteiger charge is -2.34. The molecule has 2 aromatic rings. The molecule has 0 aliphatic carbocycles. The van der Waals surface area contributed by atoms with Crippen LogP contribution in [0.1, 0.15) is 36.3 Å². The Bertz CT molecular complexity index is 867. The number of halogens is 3. The molecule has 162 valence electrons. The Kier molecular flexibility index (Phi) is 6.91. The molecule has 7 nitrogen and oxygen atoms in total. The first kappa shape index (κ1) is 22.0. The number of hydrogen-bond donors (Lipinski definition) is 1. The van der Waals surface area contributed by atoms with Crippen LogP contribution in [0.4, 0.5) is 23.1 Å². The van der Waals surface area contributed by atoms with E-state index in [4.69, 9.17) is 0 Å². The molecule has 3 amide bonds. The number of anilines is 1. The monoisotopic (exact) mass is 441 g/mol. The van der Waals surface area contributed by atoms with Crippen LogP contribution in [0.3, 0.4) is 0 Å². The summed E-state index contributed by atoms with van der Waals surface area (Å²) in [5, 5.41) is 12.1. The molecule has 1 aromatic heterocycles. The van der Waals surface area contributed by atoms with Crippen molar-refractivity contribution in [3.05, 3.63) is 40.9 Å². The smallest absolute Gasteiger partial charge is 0.339 e. The largest absolute Gasteiger partial charge is 0.397 e. The Morgan fingerprint density at radius 3 is 2.33 bits per heavy atom. The topological polar surface area (TPSA) is 78.4 Å². The van der Waals surface area contributed by atoms with Crippen molar-refractivity contribution in [2.45, 2.75) is 31.9 Å².